The molecule has 0 amide bonds. The van der Waals surface area contributed by atoms with Crippen molar-refractivity contribution in [2.45, 2.75) is 18.4 Å². The molecule has 13 heavy (non-hydrogen) atoms. The molecule has 1 rings (SSSR count). The topological polar surface area (TPSA) is 26.3 Å². The summed E-state index contributed by atoms with van der Waals surface area (Å²) in [6, 6.07) is 7.04. The van der Waals surface area contributed by atoms with Gasteiger partial charge in [0, 0.05) is 5.56 Å². The molecule has 70 valence electrons. The van der Waals surface area contributed by atoms with Crippen LogP contribution in [0.25, 0.3) is 0 Å². The van der Waals surface area contributed by atoms with Crippen molar-refractivity contribution in [3.05, 3.63) is 29.8 Å². The Kier molecular flexibility index (Phi) is 3.96. The number of hydrogen-bond acceptors (Lipinski definition) is 2. The number of aldehydes is 1. The summed E-state index contributed by atoms with van der Waals surface area (Å²) in [5.41, 5.74) is 0.662. The van der Waals surface area contributed by atoms with Crippen molar-refractivity contribution in [1.82, 2.24) is 0 Å². The van der Waals surface area contributed by atoms with E-state index in [4.69, 9.17) is 4.74 Å². The Balaban J connectivity index is 2.63. The molecule has 0 aromatic heterocycles. The summed E-state index contributed by atoms with van der Waals surface area (Å²) in [6.07, 6.45) is 1.71. The highest BCUT2D eigenvalue weighted by Crippen LogP contribution is 2.16. The lowest BCUT2D eigenvalue weighted by Gasteiger charge is -2.10. The Bertz CT molecular complexity index is 269. The monoisotopic (exact) mass is 242 g/mol. The number of rotatable bonds is 4. The molecule has 0 radical (unpaired) electrons. The number of halogens is 1. The minimum Gasteiger partial charge on any atom is -0.479 e. The molecule has 1 unspecified atom stereocenters. The summed E-state index contributed by atoms with van der Waals surface area (Å²) in [5, 5.41) is 0.0366. The maximum absolute atomic E-state index is 10.3. The fourth-order valence-electron chi connectivity index (χ4n) is 0.856. The molecule has 1 aromatic carbocycles. The van der Waals surface area contributed by atoms with Gasteiger partial charge in [0.05, 0.1) is 0 Å². The van der Waals surface area contributed by atoms with Gasteiger partial charge in [0.2, 0.25) is 0 Å². The third kappa shape index (κ3) is 3.19. The van der Waals surface area contributed by atoms with Crippen molar-refractivity contribution in [2.24, 2.45) is 0 Å². The third-order valence-corrected chi connectivity index (χ3v) is 2.44. The van der Waals surface area contributed by atoms with Crippen LogP contribution in [0.2, 0.25) is 0 Å². The van der Waals surface area contributed by atoms with E-state index in [1.54, 1.807) is 24.3 Å². The number of hydrogen-bond donors (Lipinski definition) is 0. The van der Waals surface area contributed by atoms with E-state index in [1.807, 2.05) is 6.92 Å². The predicted molar refractivity (Wildman–Crippen MR) is 55.5 cm³/mol. The molecule has 0 aliphatic rings. The van der Waals surface area contributed by atoms with Gasteiger partial charge in [0.25, 0.3) is 0 Å². The lowest BCUT2D eigenvalue weighted by atomic mass is 10.2. The zero-order valence-corrected chi connectivity index (χ0v) is 8.95. The van der Waals surface area contributed by atoms with Crippen molar-refractivity contribution >= 4 is 22.2 Å². The lowest BCUT2D eigenvalue weighted by Crippen LogP contribution is -2.05. The van der Waals surface area contributed by atoms with Crippen molar-refractivity contribution in [1.29, 1.82) is 0 Å². The summed E-state index contributed by atoms with van der Waals surface area (Å²) < 4.78 is 5.46. The van der Waals surface area contributed by atoms with E-state index < -0.39 is 0 Å². The van der Waals surface area contributed by atoms with E-state index in [2.05, 4.69) is 15.9 Å². The van der Waals surface area contributed by atoms with Gasteiger partial charge >= 0.3 is 0 Å². The van der Waals surface area contributed by atoms with Crippen molar-refractivity contribution in [3.8, 4) is 5.75 Å². The van der Waals surface area contributed by atoms with Crippen LogP contribution in [-0.2, 0) is 0 Å². The molecule has 0 fully saturated rings. The van der Waals surface area contributed by atoms with E-state index in [9.17, 15) is 4.79 Å². The molecule has 0 aliphatic carbocycles. The highest BCUT2D eigenvalue weighted by atomic mass is 79.9. The predicted octanol–water partition coefficient (Wildman–Crippen LogP) is 3.01. The largest absolute Gasteiger partial charge is 0.479 e. The van der Waals surface area contributed by atoms with Gasteiger partial charge in [-0.2, -0.15) is 0 Å². The molecule has 0 saturated heterocycles. The number of carbonyl (C=O) groups excluding carboxylic acids is 1. The molecule has 1 aromatic rings. The molecule has 3 heteroatoms. The number of alkyl halides is 1. The van der Waals surface area contributed by atoms with E-state index in [1.165, 1.54) is 0 Å². The van der Waals surface area contributed by atoms with E-state index in [0.29, 0.717) is 5.56 Å². The first-order chi connectivity index (χ1) is 6.26. The molecular formula is C10H11BrO2. The Morgan fingerprint density at radius 2 is 2.08 bits per heavy atom. The quantitative estimate of drug-likeness (QED) is 0.600. The third-order valence-electron chi connectivity index (χ3n) is 1.60. The Labute approximate surface area is 86.0 Å². The van der Waals surface area contributed by atoms with Gasteiger partial charge in [0.1, 0.15) is 12.0 Å². The highest BCUT2D eigenvalue weighted by Gasteiger charge is 2.01. The molecule has 0 bridgehead atoms. The SMILES string of the molecule is CCC(Br)Oc1ccc(C=O)cc1. The van der Waals surface area contributed by atoms with Crippen LogP contribution in [-0.4, -0.2) is 11.3 Å². The number of carbonyl (C=O) groups is 1. The second-order valence-electron chi connectivity index (χ2n) is 2.62. The van der Waals surface area contributed by atoms with Crippen molar-refractivity contribution < 1.29 is 9.53 Å². The van der Waals surface area contributed by atoms with Gasteiger partial charge in [-0.1, -0.05) is 6.92 Å². The van der Waals surface area contributed by atoms with Gasteiger partial charge in [-0.15, -0.1) is 0 Å². The molecule has 0 saturated carbocycles. The lowest BCUT2D eigenvalue weighted by molar-refractivity contribution is 0.112. The summed E-state index contributed by atoms with van der Waals surface area (Å²) in [6.45, 7) is 2.03. The Hall–Kier alpha value is -0.830. The molecule has 0 N–H and O–H groups in total. The maximum Gasteiger partial charge on any atom is 0.153 e. The fourth-order valence-corrected chi connectivity index (χ4v) is 1.07. The van der Waals surface area contributed by atoms with Gasteiger partial charge in [-0.25, -0.2) is 0 Å². The van der Waals surface area contributed by atoms with Crippen LogP contribution < -0.4 is 4.74 Å². The maximum atomic E-state index is 10.3. The number of benzene rings is 1. The summed E-state index contributed by atoms with van der Waals surface area (Å²) >= 11 is 3.36. The van der Waals surface area contributed by atoms with Gasteiger partial charge in [0.15, 0.2) is 5.01 Å². The molecule has 2 nitrogen and oxygen atoms in total. The molecular weight excluding hydrogens is 232 g/mol. The highest BCUT2D eigenvalue weighted by molar-refractivity contribution is 9.09. The average Bonchev–Trinajstić information content (AvgIpc) is 2.19. The van der Waals surface area contributed by atoms with Crippen LogP contribution in [0.1, 0.15) is 23.7 Å². The van der Waals surface area contributed by atoms with E-state index >= 15 is 0 Å². The first-order valence-electron chi connectivity index (χ1n) is 4.12. The minimum atomic E-state index is 0.0366. The first-order valence-corrected chi connectivity index (χ1v) is 5.03. The van der Waals surface area contributed by atoms with Crippen LogP contribution in [0.4, 0.5) is 0 Å². The second kappa shape index (κ2) is 5.02. The normalized spacial score (nSPS) is 12.2. The molecule has 0 heterocycles. The zero-order valence-electron chi connectivity index (χ0n) is 7.37. The average molecular weight is 243 g/mol. The van der Waals surface area contributed by atoms with Crippen molar-refractivity contribution in [2.75, 3.05) is 0 Å². The van der Waals surface area contributed by atoms with Crippen LogP contribution in [0.3, 0.4) is 0 Å². The summed E-state index contributed by atoms with van der Waals surface area (Å²) in [5.74, 6) is 0.773. The fraction of sp³-hybridized carbons (Fsp3) is 0.300. The standard InChI is InChI=1S/C10H11BrO2/c1-2-10(11)13-9-5-3-8(7-12)4-6-9/h3-7,10H,2H2,1H3. The summed E-state index contributed by atoms with van der Waals surface area (Å²) in [4.78, 5) is 10.3. The first kappa shape index (κ1) is 10.3. The Morgan fingerprint density at radius 3 is 2.54 bits per heavy atom. The summed E-state index contributed by atoms with van der Waals surface area (Å²) in [7, 11) is 0. The smallest absolute Gasteiger partial charge is 0.153 e. The van der Waals surface area contributed by atoms with Crippen LogP contribution >= 0.6 is 15.9 Å². The van der Waals surface area contributed by atoms with Gasteiger partial charge in [-0.3, -0.25) is 4.79 Å². The van der Waals surface area contributed by atoms with Gasteiger partial charge < -0.3 is 4.74 Å². The van der Waals surface area contributed by atoms with Crippen LogP contribution in [0.15, 0.2) is 24.3 Å². The van der Waals surface area contributed by atoms with Gasteiger partial charge in [-0.05, 0) is 46.6 Å². The van der Waals surface area contributed by atoms with E-state index in [-0.39, 0.29) is 5.01 Å². The van der Waals surface area contributed by atoms with Crippen LogP contribution in [0.5, 0.6) is 5.75 Å². The van der Waals surface area contributed by atoms with Crippen LogP contribution in [0, 0.1) is 0 Å². The molecule has 1 atom stereocenters. The number of ether oxygens (including phenoxy) is 1. The minimum absolute atomic E-state index is 0.0366. The molecule has 0 spiro atoms. The second-order valence-corrected chi connectivity index (χ2v) is 3.64. The van der Waals surface area contributed by atoms with Crippen molar-refractivity contribution in [3.63, 3.8) is 0 Å². The molecule has 0 aliphatic heterocycles. The Morgan fingerprint density at radius 1 is 1.46 bits per heavy atom. The zero-order chi connectivity index (χ0) is 9.68. The van der Waals surface area contributed by atoms with E-state index in [0.717, 1.165) is 18.5 Å².